The standard InChI is InChI=1S/C15H10N2O8/c1-24-14(18)9-6-10(8-12(7-9)17(22)23)15(19)25-13-4-2-11(3-5-13)16(20)21/h2-8H,1H3. The summed E-state index contributed by atoms with van der Waals surface area (Å²) in [5.41, 5.74) is -1.11. The number of nitrogens with zero attached hydrogens (tertiary/aromatic N) is 2. The number of non-ortho nitro benzene ring substituents is 2. The molecule has 2 aromatic rings. The molecule has 0 radical (unpaired) electrons. The molecule has 0 aromatic heterocycles. The van der Waals surface area contributed by atoms with Crippen molar-refractivity contribution in [1.82, 2.24) is 0 Å². The number of benzene rings is 2. The molecule has 0 fully saturated rings. The summed E-state index contributed by atoms with van der Waals surface area (Å²) in [6.45, 7) is 0. The van der Waals surface area contributed by atoms with E-state index in [-0.39, 0.29) is 22.6 Å². The third-order valence-electron chi connectivity index (χ3n) is 3.04. The van der Waals surface area contributed by atoms with E-state index in [4.69, 9.17) is 4.74 Å². The van der Waals surface area contributed by atoms with Gasteiger partial charge in [0.05, 0.1) is 28.1 Å². The van der Waals surface area contributed by atoms with Gasteiger partial charge in [-0.1, -0.05) is 0 Å². The Balaban J connectivity index is 2.31. The summed E-state index contributed by atoms with van der Waals surface area (Å²) in [6.07, 6.45) is 0. The van der Waals surface area contributed by atoms with Crippen LogP contribution in [0.15, 0.2) is 42.5 Å². The Labute approximate surface area is 139 Å². The van der Waals surface area contributed by atoms with Crippen molar-refractivity contribution in [3.8, 4) is 5.75 Å². The molecule has 0 heterocycles. The van der Waals surface area contributed by atoms with Crippen LogP contribution in [0.3, 0.4) is 0 Å². The second-order valence-electron chi connectivity index (χ2n) is 4.66. The van der Waals surface area contributed by atoms with Crippen molar-refractivity contribution in [1.29, 1.82) is 0 Å². The first-order chi connectivity index (χ1) is 11.8. The number of esters is 2. The molecule has 0 N–H and O–H groups in total. The topological polar surface area (TPSA) is 139 Å². The van der Waals surface area contributed by atoms with Crippen molar-refractivity contribution in [2.45, 2.75) is 0 Å². The highest BCUT2D eigenvalue weighted by Crippen LogP contribution is 2.21. The molecule has 0 atom stereocenters. The molecular formula is C15H10N2O8. The van der Waals surface area contributed by atoms with Crippen LogP contribution in [0.2, 0.25) is 0 Å². The lowest BCUT2D eigenvalue weighted by molar-refractivity contribution is -0.385. The molecule has 0 aliphatic heterocycles. The van der Waals surface area contributed by atoms with E-state index >= 15 is 0 Å². The Morgan fingerprint density at radius 3 is 1.84 bits per heavy atom. The molecule has 0 bridgehead atoms. The molecule has 0 spiro atoms. The summed E-state index contributed by atoms with van der Waals surface area (Å²) < 4.78 is 9.48. The third-order valence-corrected chi connectivity index (χ3v) is 3.04. The van der Waals surface area contributed by atoms with E-state index in [0.29, 0.717) is 0 Å². The van der Waals surface area contributed by atoms with Crippen molar-refractivity contribution < 1.29 is 28.9 Å². The lowest BCUT2D eigenvalue weighted by Crippen LogP contribution is -2.11. The molecule has 0 amide bonds. The van der Waals surface area contributed by atoms with Gasteiger partial charge in [0.25, 0.3) is 11.4 Å². The molecule has 2 aromatic carbocycles. The number of nitro groups is 2. The van der Waals surface area contributed by atoms with Crippen LogP contribution in [0, 0.1) is 20.2 Å². The van der Waals surface area contributed by atoms with Gasteiger partial charge in [-0.15, -0.1) is 0 Å². The van der Waals surface area contributed by atoms with Gasteiger partial charge in [0.2, 0.25) is 0 Å². The van der Waals surface area contributed by atoms with Crippen LogP contribution in [-0.4, -0.2) is 28.9 Å². The summed E-state index contributed by atoms with van der Waals surface area (Å²) >= 11 is 0. The lowest BCUT2D eigenvalue weighted by atomic mass is 10.1. The van der Waals surface area contributed by atoms with Crippen molar-refractivity contribution in [3.05, 3.63) is 73.8 Å². The quantitative estimate of drug-likeness (QED) is 0.348. The molecule has 10 nitrogen and oxygen atoms in total. The molecule has 25 heavy (non-hydrogen) atoms. The predicted molar refractivity (Wildman–Crippen MR) is 82.5 cm³/mol. The minimum absolute atomic E-state index is 0.00160. The molecule has 128 valence electrons. The molecule has 0 aliphatic rings. The van der Waals surface area contributed by atoms with Crippen LogP contribution >= 0.6 is 0 Å². The Morgan fingerprint density at radius 2 is 1.36 bits per heavy atom. The minimum Gasteiger partial charge on any atom is -0.465 e. The first kappa shape index (κ1) is 17.5. The van der Waals surface area contributed by atoms with Gasteiger partial charge in [0.15, 0.2) is 0 Å². The molecule has 0 aliphatic carbocycles. The second-order valence-corrected chi connectivity index (χ2v) is 4.66. The molecular weight excluding hydrogens is 336 g/mol. The fourth-order valence-electron chi connectivity index (χ4n) is 1.87. The van der Waals surface area contributed by atoms with Crippen LogP contribution in [0.4, 0.5) is 11.4 Å². The van der Waals surface area contributed by atoms with Gasteiger partial charge in [0, 0.05) is 24.3 Å². The predicted octanol–water partition coefficient (Wildman–Crippen LogP) is 2.51. The number of methoxy groups -OCH3 is 1. The third kappa shape index (κ3) is 4.13. The molecule has 10 heteroatoms. The van der Waals surface area contributed by atoms with E-state index in [0.717, 1.165) is 37.4 Å². The largest absolute Gasteiger partial charge is 0.465 e. The van der Waals surface area contributed by atoms with Crippen molar-refractivity contribution >= 4 is 23.3 Å². The van der Waals surface area contributed by atoms with Crippen molar-refractivity contribution in [2.24, 2.45) is 0 Å². The number of hydrogen-bond acceptors (Lipinski definition) is 8. The molecule has 0 saturated carbocycles. The number of ether oxygens (including phenoxy) is 2. The first-order valence-corrected chi connectivity index (χ1v) is 6.66. The zero-order valence-corrected chi connectivity index (χ0v) is 12.7. The van der Waals surface area contributed by atoms with Gasteiger partial charge in [-0.2, -0.15) is 0 Å². The van der Waals surface area contributed by atoms with Crippen LogP contribution in [0.1, 0.15) is 20.7 Å². The average molecular weight is 346 g/mol. The summed E-state index contributed by atoms with van der Waals surface area (Å²) in [5.74, 6) is -1.82. The first-order valence-electron chi connectivity index (χ1n) is 6.66. The molecule has 0 unspecified atom stereocenters. The highest BCUT2D eigenvalue weighted by atomic mass is 16.6. The Hall–Kier alpha value is -3.82. The summed E-state index contributed by atoms with van der Waals surface area (Å²) in [6, 6.07) is 7.68. The zero-order valence-electron chi connectivity index (χ0n) is 12.7. The van der Waals surface area contributed by atoms with Gasteiger partial charge in [-0.05, 0) is 18.2 Å². The second kappa shape index (κ2) is 7.17. The van der Waals surface area contributed by atoms with Gasteiger partial charge in [0.1, 0.15) is 5.75 Å². The monoisotopic (exact) mass is 346 g/mol. The van der Waals surface area contributed by atoms with Gasteiger partial charge < -0.3 is 9.47 Å². The number of rotatable bonds is 5. The van der Waals surface area contributed by atoms with Crippen LogP contribution in [0.25, 0.3) is 0 Å². The van der Waals surface area contributed by atoms with Gasteiger partial charge >= 0.3 is 11.9 Å². The number of hydrogen-bond donors (Lipinski definition) is 0. The van der Waals surface area contributed by atoms with Crippen LogP contribution in [0.5, 0.6) is 5.75 Å². The molecule has 0 saturated heterocycles. The normalized spacial score (nSPS) is 9.96. The zero-order chi connectivity index (χ0) is 18.6. The SMILES string of the molecule is COC(=O)c1cc(C(=O)Oc2ccc([N+](=O)[O-])cc2)cc([N+](=O)[O-])c1. The number of carbonyl (C=O) groups is 2. The van der Waals surface area contributed by atoms with E-state index < -0.39 is 27.5 Å². The van der Waals surface area contributed by atoms with Crippen LogP contribution in [-0.2, 0) is 4.74 Å². The smallest absolute Gasteiger partial charge is 0.343 e. The highest BCUT2D eigenvalue weighted by molar-refractivity contribution is 5.97. The maximum absolute atomic E-state index is 12.1. The molecule has 2 rings (SSSR count). The van der Waals surface area contributed by atoms with E-state index in [9.17, 15) is 29.8 Å². The highest BCUT2D eigenvalue weighted by Gasteiger charge is 2.20. The lowest BCUT2D eigenvalue weighted by Gasteiger charge is -2.06. The number of nitro benzene ring substituents is 2. The van der Waals surface area contributed by atoms with Crippen molar-refractivity contribution in [3.63, 3.8) is 0 Å². The fraction of sp³-hybridized carbons (Fsp3) is 0.0667. The number of carbonyl (C=O) groups excluding carboxylic acids is 2. The maximum Gasteiger partial charge on any atom is 0.343 e. The van der Waals surface area contributed by atoms with Gasteiger partial charge in [-0.25, -0.2) is 9.59 Å². The fourth-order valence-corrected chi connectivity index (χ4v) is 1.87. The Morgan fingerprint density at radius 1 is 0.840 bits per heavy atom. The summed E-state index contributed by atoms with van der Waals surface area (Å²) in [5, 5.41) is 21.5. The summed E-state index contributed by atoms with van der Waals surface area (Å²) in [7, 11) is 1.09. The maximum atomic E-state index is 12.1. The van der Waals surface area contributed by atoms with E-state index in [1.54, 1.807) is 0 Å². The minimum atomic E-state index is -0.970. The summed E-state index contributed by atoms with van der Waals surface area (Å²) in [4.78, 5) is 43.8. The average Bonchev–Trinajstić information content (AvgIpc) is 2.60. The Bertz CT molecular complexity index is 860. The van der Waals surface area contributed by atoms with Gasteiger partial charge in [-0.3, -0.25) is 20.2 Å². The van der Waals surface area contributed by atoms with E-state index in [1.807, 2.05) is 0 Å². The Kier molecular flexibility index (Phi) is 5.03. The van der Waals surface area contributed by atoms with Crippen molar-refractivity contribution in [2.75, 3.05) is 7.11 Å². The van der Waals surface area contributed by atoms with E-state index in [1.165, 1.54) is 12.1 Å². The van der Waals surface area contributed by atoms with E-state index in [2.05, 4.69) is 4.74 Å². The van der Waals surface area contributed by atoms with Crippen LogP contribution < -0.4 is 4.74 Å².